The van der Waals surface area contributed by atoms with E-state index in [2.05, 4.69) is 5.32 Å². The molecule has 0 saturated heterocycles. The maximum atomic E-state index is 12.0. The fraction of sp³-hybridized carbons (Fsp3) is 0.222. The number of nitrogens with one attached hydrogen (secondary N) is 1. The minimum absolute atomic E-state index is 0.334. The van der Waals surface area contributed by atoms with Gasteiger partial charge in [-0.1, -0.05) is 23.7 Å². The van der Waals surface area contributed by atoms with Crippen LogP contribution in [0.4, 0.5) is 5.69 Å². The molecular formula is C18H18ClNO5. The average molecular weight is 364 g/mol. The molecule has 1 amide bonds. The van der Waals surface area contributed by atoms with Crippen LogP contribution in [0.5, 0.6) is 11.5 Å². The number of benzene rings is 2. The molecule has 7 heteroatoms. The smallest absolute Gasteiger partial charge is 0.344 e. The number of anilines is 1. The lowest BCUT2D eigenvalue weighted by Crippen LogP contribution is -2.31. The number of halogens is 1. The van der Waals surface area contributed by atoms with E-state index in [1.807, 2.05) is 0 Å². The molecule has 0 heterocycles. The van der Waals surface area contributed by atoms with Crippen molar-refractivity contribution in [2.75, 3.05) is 19.0 Å². The Kier molecular flexibility index (Phi) is 6.65. The van der Waals surface area contributed by atoms with Gasteiger partial charge in [-0.05, 0) is 43.3 Å². The first kappa shape index (κ1) is 18.6. The number of rotatable bonds is 7. The molecule has 0 bridgehead atoms. The van der Waals surface area contributed by atoms with Crippen LogP contribution in [0.15, 0.2) is 48.5 Å². The van der Waals surface area contributed by atoms with Gasteiger partial charge >= 0.3 is 5.97 Å². The van der Waals surface area contributed by atoms with Crippen molar-refractivity contribution in [1.82, 2.24) is 0 Å². The molecule has 2 aromatic carbocycles. The van der Waals surface area contributed by atoms with E-state index in [4.69, 9.17) is 25.8 Å². The fourth-order valence-corrected chi connectivity index (χ4v) is 2.06. The second-order valence-corrected chi connectivity index (χ2v) is 5.50. The predicted molar refractivity (Wildman–Crippen MR) is 94.1 cm³/mol. The highest BCUT2D eigenvalue weighted by molar-refractivity contribution is 6.30. The van der Waals surface area contributed by atoms with Crippen LogP contribution in [0.1, 0.15) is 6.92 Å². The first-order valence-corrected chi connectivity index (χ1v) is 7.89. The van der Waals surface area contributed by atoms with Gasteiger partial charge in [0.15, 0.2) is 24.2 Å². The molecule has 25 heavy (non-hydrogen) atoms. The minimum Gasteiger partial charge on any atom is -0.493 e. The number of esters is 1. The number of para-hydroxylation sites is 2. The first-order chi connectivity index (χ1) is 12.0. The average Bonchev–Trinajstić information content (AvgIpc) is 2.62. The van der Waals surface area contributed by atoms with E-state index in [0.717, 1.165) is 0 Å². The van der Waals surface area contributed by atoms with Gasteiger partial charge < -0.3 is 19.5 Å². The molecule has 2 rings (SSSR count). The van der Waals surface area contributed by atoms with Gasteiger partial charge in [0, 0.05) is 10.7 Å². The van der Waals surface area contributed by atoms with E-state index in [9.17, 15) is 9.59 Å². The van der Waals surface area contributed by atoms with Crippen molar-refractivity contribution in [3.63, 3.8) is 0 Å². The number of carbonyl (C=O) groups is 2. The number of carbonyl (C=O) groups excluding carboxylic acids is 2. The zero-order valence-corrected chi connectivity index (χ0v) is 14.6. The molecule has 0 radical (unpaired) electrons. The number of hydrogen-bond acceptors (Lipinski definition) is 5. The van der Waals surface area contributed by atoms with E-state index < -0.39 is 18.0 Å². The highest BCUT2D eigenvalue weighted by Crippen LogP contribution is 2.25. The Morgan fingerprint density at radius 1 is 1.08 bits per heavy atom. The van der Waals surface area contributed by atoms with E-state index >= 15 is 0 Å². The van der Waals surface area contributed by atoms with E-state index in [-0.39, 0.29) is 6.61 Å². The summed E-state index contributed by atoms with van der Waals surface area (Å²) in [6.07, 6.45) is -0.968. The van der Waals surface area contributed by atoms with Crippen molar-refractivity contribution < 1.29 is 23.8 Å². The summed E-state index contributed by atoms with van der Waals surface area (Å²) in [5.74, 6) is -0.193. The molecule has 2 aromatic rings. The van der Waals surface area contributed by atoms with Crippen LogP contribution in [0, 0.1) is 0 Å². The van der Waals surface area contributed by atoms with Gasteiger partial charge in [0.2, 0.25) is 0 Å². The van der Waals surface area contributed by atoms with Crippen LogP contribution in [-0.2, 0) is 14.3 Å². The van der Waals surface area contributed by atoms with Gasteiger partial charge in [-0.15, -0.1) is 0 Å². The van der Waals surface area contributed by atoms with Crippen molar-refractivity contribution in [2.24, 2.45) is 0 Å². The molecule has 0 fully saturated rings. The van der Waals surface area contributed by atoms with Crippen LogP contribution in [0.25, 0.3) is 0 Å². The monoisotopic (exact) mass is 363 g/mol. The molecule has 0 spiro atoms. The molecule has 0 aliphatic heterocycles. The summed E-state index contributed by atoms with van der Waals surface area (Å²) in [5.41, 5.74) is 0.558. The quantitative estimate of drug-likeness (QED) is 0.764. The third-order valence-corrected chi connectivity index (χ3v) is 3.46. The summed E-state index contributed by atoms with van der Waals surface area (Å²) in [4.78, 5) is 23.9. The predicted octanol–water partition coefficient (Wildman–Crippen LogP) is 3.30. The lowest BCUT2D eigenvalue weighted by Gasteiger charge is -2.14. The van der Waals surface area contributed by atoms with Crippen molar-refractivity contribution in [3.8, 4) is 11.5 Å². The Morgan fingerprint density at radius 3 is 2.36 bits per heavy atom. The van der Waals surface area contributed by atoms with Crippen LogP contribution < -0.4 is 14.8 Å². The molecule has 0 saturated carbocycles. The Morgan fingerprint density at radius 2 is 1.72 bits per heavy atom. The number of amides is 1. The van der Waals surface area contributed by atoms with Crippen LogP contribution in [0.2, 0.25) is 5.02 Å². The lowest BCUT2D eigenvalue weighted by atomic mass is 10.3. The van der Waals surface area contributed by atoms with Crippen LogP contribution >= 0.6 is 11.6 Å². The van der Waals surface area contributed by atoms with Gasteiger partial charge in [-0.2, -0.15) is 0 Å². The highest BCUT2D eigenvalue weighted by atomic mass is 35.5. The Balaban J connectivity index is 1.82. The molecule has 132 valence electrons. The van der Waals surface area contributed by atoms with Gasteiger partial charge in [-0.3, -0.25) is 4.79 Å². The molecule has 0 aliphatic carbocycles. The normalized spacial score (nSPS) is 11.3. The summed E-state index contributed by atoms with van der Waals surface area (Å²) in [7, 11) is 1.50. The fourth-order valence-electron chi connectivity index (χ4n) is 1.94. The SMILES string of the molecule is COc1ccccc1OCC(=O)O[C@H](C)C(=O)Nc1ccc(Cl)cc1. The largest absolute Gasteiger partial charge is 0.493 e. The van der Waals surface area contributed by atoms with Gasteiger partial charge in [0.25, 0.3) is 5.91 Å². The second kappa shape index (κ2) is 8.94. The van der Waals surface area contributed by atoms with Gasteiger partial charge in [0.1, 0.15) is 0 Å². The summed E-state index contributed by atoms with van der Waals surface area (Å²) in [6.45, 7) is 1.14. The molecule has 0 aromatic heterocycles. The maximum Gasteiger partial charge on any atom is 0.344 e. The Bertz CT molecular complexity index is 733. The van der Waals surface area contributed by atoms with Crippen LogP contribution in [0.3, 0.4) is 0 Å². The standard InChI is InChI=1S/C18H18ClNO5/c1-12(18(22)20-14-9-7-13(19)8-10-14)25-17(21)11-24-16-6-4-3-5-15(16)23-2/h3-10,12H,11H2,1-2H3,(H,20,22)/t12-/m1/s1. The zero-order chi connectivity index (χ0) is 18.2. The molecule has 1 N–H and O–H groups in total. The maximum absolute atomic E-state index is 12.0. The summed E-state index contributed by atoms with van der Waals surface area (Å²) >= 11 is 5.78. The molecule has 0 aliphatic rings. The van der Waals surface area contributed by atoms with E-state index in [1.165, 1.54) is 14.0 Å². The van der Waals surface area contributed by atoms with E-state index in [1.54, 1.807) is 48.5 Å². The third-order valence-electron chi connectivity index (χ3n) is 3.20. The molecule has 6 nitrogen and oxygen atoms in total. The topological polar surface area (TPSA) is 73.9 Å². The van der Waals surface area contributed by atoms with Crippen molar-refractivity contribution >= 4 is 29.2 Å². The molecule has 0 unspecified atom stereocenters. The van der Waals surface area contributed by atoms with Crippen molar-refractivity contribution in [1.29, 1.82) is 0 Å². The molecule has 1 atom stereocenters. The number of hydrogen-bond donors (Lipinski definition) is 1. The van der Waals surface area contributed by atoms with Crippen molar-refractivity contribution in [2.45, 2.75) is 13.0 Å². The Labute approximate surface area is 150 Å². The van der Waals surface area contributed by atoms with Crippen LogP contribution in [-0.4, -0.2) is 31.7 Å². The highest BCUT2D eigenvalue weighted by Gasteiger charge is 2.18. The van der Waals surface area contributed by atoms with Gasteiger partial charge in [0.05, 0.1) is 7.11 Å². The second-order valence-electron chi connectivity index (χ2n) is 5.07. The summed E-state index contributed by atoms with van der Waals surface area (Å²) in [6, 6.07) is 13.5. The summed E-state index contributed by atoms with van der Waals surface area (Å²) in [5, 5.41) is 3.19. The first-order valence-electron chi connectivity index (χ1n) is 7.51. The molecular weight excluding hydrogens is 346 g/mol. The van der Waals surface area contributed by atoms with E-state index in [0.29, 0.717) is 22.2 Å². The van der Waals surface area contributed by atoms with Crippen molar-refractivity contribution in [3.05, 3.63) is 53.6 Å². The lowest BCUT2D eigenvalue weighted by molar-refractivity contribution is -0.155. The minimum atomic E-state index is -0.968. The number of methoxy groups -OCH3 is 1. The summed E-state index contributed by atoms with van der Waals surface area (Å²) < 4.78 is 15.5. The third kappa shape index (κ3) is 5.69. The zero-order valence-electron chi connectivity index (χ0n) is 13.8. The number of ether oxygens (including phenoxy) is 3. The van der Waals surface area contributed by atoms with Gasteiger partial charge in [-0.25, -0.2) is 4.79 Å². The Hall–Kier alpha value is -2.73.